The molecule has 0 amide bonds. The van der Waals surface area contributed by atoms with Gasteiger partial charge in [0.25, 0.3) is 0 Å². The molecule has 0 aromatic rings. The Hall–Kier alpha value is -0.850. The van der Waals surface area contributed by atoms with E-state index in [4.69, 9.17) is 15.2 Å². The Morgan fingerprint density at radius 2 is 2.50 bits per heavy atom. The molecule has 0 aromatic heterocycles. The van der Waals surface area contributed by atoms with Gasteiger partial charge in [0, 0.05) is 26.7 Å². The molecule has 1 saturated heterocycles. The molecule has 0 aromatic carbocycles. The van der Waals surface area contributed by atoms with Crippen LogP contribution in [0.2, 0.25) is 0 Å². The molecule has 0 aliphatic carbocycles. The van der Waals surface area contributed by atoms with E-state index in [9.17, 15) is 0 Å². The molecular weight excluding hydrogens is 208 g/mol. The number of hydrogen-bond acceptors (Lipinski definition) is 4. The van der Waals surface area contributed by atoms with Crippen molar-refractivity contribution in [3.05, 3.63) is 0 Å². The second-order valence-corrected chi connectivity index (χ2v) is 3.90. The summed E-state index contributed by atoms with van der Waals surface area (Å²) in [6.45, 7) is 4.58. The van der Waals surface area contributed by atoms with E-state index in [2.05, 4.69) is 22.3 Å². The van der Waals surface area contributed by atoms with Crippen molar-refractivity contribution in [3.8, 4) is 0 Å². The summed E-state index contributed by atoms with van der Waals surface area (Å²) in [5, 5.41) is 2.97. The number of nitrogens with two attached hydrogens (primary N) is 1. The summed E-state index contributed by atoms with van der Waals surface area (Å²) in [5.74, 6) is 0.453. The van der Waals surface area contributed by atoms with E-state index < -0.39 is 0 Å². The van der Waals surface area contributed by atoms with E-state index in [0.717, 1.165) is 19.7 Å². The molecule has 94 valence electrons. The number of aliphatic imine (C=N–C) groups is 1. The van der Waals surface area contributed by atoms with Crippen LogP contribution in [-0.4, -0.2) is 70.5 Å². The van der Waals surface area contributed by atoms with Crippen LogP contribution in [0.15, 0.2) is 4.99 Å². The monoisotopic (exact) mass is 230 g/mol. The second-order valence-electron chi connectivity index (χ2n) is 3.90. The highest BCUT2D eigenvalue weighted by atomic mass is 16.5. The van der Waals surface area contributed by atoms with E-state index in [-0.39, 0.29) is 6.10 Å². The summed E-state index contributed by atoms with van der Waals surface area (Å²) in [6.07, 6.45) is 0.154. The Kier molecular flexibility index (Phi) is 6.14. The predicted molar refractivity (Wildman–Crippen MR) is 63.6 cm³/mol. The van der Waals surface area contributed by atoms with Crippen molar-refractivity contribution in [1.29, 1.82) is 0 Å². The zero-order valence-electron chi connectivity index (χ0n) is 10.1. The lowest BCUT2D eigenvalue weighted by atomic mass is 10.3. The first-order valence-electron chi connectivity index (χ1n) is 5.55. The van der Waals surface area contributed by atoms with Gasteiger partial charge >= 0.3 is 0 Å². The smallest absolute Gasteiger partial charge is 0.188 e. The Bertz CT molecular complexity index is 223. The van der Waals surface area contributed by atoms with Crippen molar-refractivity contribution in [1.82, 2.24) is 10.2 Å². The van der Waals surface area contributed by atoms with Crippen LogP contribution < -0.4 is 11.1 Å². The third-order valence-electron chi connectivity index (χ3n) is 2.42. The summed E-state index contributed by atoms with van der Waals surface area (Å²) >= 11 is 0. The third-order valence-corrected chi connectivity index (χ3v) is 2.42. The van der Waals surface area contributed by atoms with Gasteiger partial charge in [0.1, 0.15) is 0 Å². The summed E-state index contributed by atoms with van der Waals surface area (Å²) < 4.78 is 10.5. The maximum absolute atomic E-state index is 5.68. The molecule has 1 unspecified atom stereocenters. The van der Waals surface area contributed by atoms with Gasteiger partial charge in [-0.3, -0.25) is 4.99 Å². The van der Waals surface area contributed by atoms with Gasteiger partial charge in [0.2, 0.25) is 0 Å². The molecule has 0 radical (unpaired) electrons. The average Bonchev–Trinajstić information content (AvgIpc) is 2.27. The summed E-state index contributed by atoms with van der Waals surface area (Å²) in [5.41, 5.74) is 5.68. The molecule has 0 bridgehead atoms. The third kappa shape index (κ3) is 5.29. The lowest BCUT2D eigenvalue weighted by Gasteiger charge is -2.29. The minimum Gasteiger partial charge on any atom is -0.383 e. The number of nitrogens with one attached hydrogen (secondary N) is 1. The van der Waals surface area contributed by atoms with Crippen LogP contribution in [0.5, 0.6) is 0 Å². The standard InChI is InChI=1S/C10H22N4O2/c1-14-4-6-16-9(8-14)7-13-10(11)12-3-5-15-2/h9H,3-8H2,1-2H3,(H3,11,12,13). The van der Waals surface area contributed by atoms with Crippen molar-refractivity contribution >= 4 is 5.96 Å². The van der Waals surface area contributed by atoms with Crippen LogP contribution in [0.4, 0.5) is 0 Å². The number of methoxy groups -OCH3 is 1. The van der Waals surface area contributed by atoms with Gasteiger partial charge < -0.3 is 25.4 Å². The molecule has 1 aliphatic rings. The van der Waals surface area contributed by atoms with Crippen molar-refractivity contribution in [2.45, 2.75) is 6.10 Å². The second kappa shape index (κ2) is 7.43. The molecular formula is C10H22N4O2. The molecule has 1 heterocycles. The normalized spacial score (nSPS) is 23.4. The molecule has 1 rings (SSSR count). The first-order valence-corrected chi connectivity index (χ1v) is 5.55. The Balaban J connectivity index is 2.18. The van der Waals surface area contributed by atoms with Crippen molar-refractivity contribution < 1.29 is 9.47 Å². The molecule has 1 aliphatic heterocycles. The first kappa shape index (κ1) is 13.2. The highest BCUT2D eigenvalue weighted by Gasteiger charge is 2.16. The van der Waals surface area contributed by atoms with Crippen molar-refractivity contribution in [3.63, 3.8) is 0 Å². The van der Waals surface area contributed by atoms with E-state index in [1.165, 1.54) is 0 Å². The first-order chi connectivity index (χ1) is 7.72. The molecule has 3 N–H and O–H groups in total. The number of guanidine groups is 1. The van der Waals surface area contributed by atoms with Gasteiger partial charge in [0.05, 0.1) is 25.9 Å². The average molecular weight is 230 g/mol. The van der Waals surface area contributed by atoms with Crippen LogP contribution in [0, 0.1) is 0 Å². The van der Waals surface area contributed by atoms with E-state index >= 15 is 0 Å². The number of ether oxygens (including phenoxy) is 2. The van der Waals surface area contributed by atoms with Gasteiger partial charge in [-0.05, 0) is 7.05 Å². The minimum atomic E-state index is 0.154. The number of nitrogens with zero attached hydrogens (tertiary/aromatic N) is 2. The fourth-order valence-electron chi connectivity index (χ4n) is 1.51. The molecule has 1 fully saturated rings. The topological polar surface area (TPSA) is 72.1 Å². The minimum absolute atomic E-state index is 0.154. The highest BCUT2D eigenvalue weighted by Crippen LogP contribution is 2.02. The Labute approximate surface area is 96.8 Å². The Morgan fingerprint density at radius 3 is 3.19 bits per heavy atom. The molecule has 6 heteroatoms. The summed E-state index contributed by atoms with van der Waals surface area (Å²) in [6, 6.07) is 0. The van der Waals surface area contributed by atoms with E-state index in [1.54, 1.807) is 7.11 Å². The summed E-state index contributed by atoms with van der Waals surface area (Å²) in [4.78, 5) is 6.46. The lowest BCUT2D eigenvalue weighted by Crippen LogP contribution is -2.42. The number of rotatable bonds is 5. The maximum Gasteiger partial charge on any atom is 0.188 e. The zero-order chi connectivity index (χ0) is 11.8. The van der Waals surface area contributed by atoms with Gasteiger partial charge in [-0.15, -0.1) is 0 Å². The van der Waals surface area contributed by atoms with Crippen LogP contribution in [0.1, 0.15) is 0 Å². The highest BCUT2D eigenvalue weighted by molar-refractivity contribution is 5.77. The number of likely N-dealkylation sites (N-methyl/N-ethyl adjacent to an activating group) is 1. The zero-order valence-corrected chi connectivity index (χ0v) is 10.1. The van der Waals surface area contributed by atoms with Crippen LogP contribution >= 0.6 is 0 Å². The molecule has 0 spiro atoms. The number of hydrogen-bond donors (Lipinski definition) is 2. The molecule has 0 saturated carbocycles. The van der Waals surface area contributed by atoms with Crippen LogP contribution in [0.25, 0.3) is 0 Å². The molecule has 1 atom stereocenters. The van der Waals surface area contributed by atoms with Crippen LogP contribution in [-0.2, 0) is 9.47 Å². The fraction of sp³-hybridized carbons (Fsp3) is 0.900. The van der Waals surface area contributed by atoms with Crippen molar-refractivity contribution in [2.75, 3.05) is 53.6 Å². The number of morpholine rings is 1. The molecule has 6 nitrogen and oxygen atoms in total. The quantitative estimate of drug-likeness (QED) is 0.355. The predicted octanol–water partition coefficient (Wildman–Crippen LogP) is -1.13. The fourth-order valence-corrected chi connectivity index (χ4v) is 1.51. The maximum atomic E-state index is 5.68. The summed E-state index contributed by atoms with van der Waals surface area (Å²) in [7, 11) is 3.74. The lowest BCUT2D eigenvalue weighted by molar-refractivity contribution is -0.0136. The van der Waals surface area contributed by atoms with Gasteiger partial charge in [0.15, 0.2) is 5.96 Å². The van der Waals surface area contributed by atoms with Gasteiger partial charge in [-0.1, -0.05) is 0 Å². The van der Waals surface area contributed by atoms with Crippen molar-refractivity contribution in [2.24, 2.45) is 10.7 Å². The Morgan fingerprint density at radius 1 is 1.69 bits per heavy atom. The van der Waals surface area contributed by atoms with Crippen LogP contribution in [0.3, 0.4) is 0 Å². The van der Waals surface area contributed by atoms with Gasteiger partial charge in [-0.25, -0.2) is 0 Å². The molecule has 16 heavy (non-hydrogen) atoms. The van der Waals surface area contributed by atoms with Gasteiger partial charge in [-0.2, -0.15) is 0 Å². The van der Waals surface area contributed by atoms with E-state index in [1.807, 2.05) is 0 Å². The largest absolute Gasteiger partial charge is 0.383 e. The van der Waals surface area contributed by atoms with E-state index in [0.29, 0.717) is 25.7 Å². The SMILES string of the molecule is COCCNC(N)=NCC1CN(C)CCO1.